The molecule has 0 spiro atoms. The highest BCUT2D eigenvalue weighted by Crippen LogP contribution is 2.16. The Hall–Kier alpha value is -2.07. The summed E-state index contributed by atoms with van der Waals surface area (Å²) < 4.78 is 1.04. The van der Waals surface area contributed by atoms with E-state index in [2.05, 4.69) is 27.0 Å². The summed E-state index contributed by atoms with van der Waals surface area (Å²) in [4.78, 5) is 14.1. The summed E-state index contributed by atoms with van der Waals surface area (Å²) in [5.74, 6) is -0.108. The van der Waals surface area contributed by atoms with Gasteiger partial charge in [-0.15, -0.1) is 0 Å². The lowest BCUT2D eigenvalue weighted by Crippen LogP contribution is -2.41. The van der Waals surface area contributed by atoms with E-state index in [0.29, 0.717) is 11.6 Å². The second kappa shape index (κ2) is 5.13. The Morgan fingerprint density at radius 1 is 1.25 bits per heavy atom. The van der Waals surface area contributed by atoms with E-state index >= 15 is 0 Å². The first-order valence-corrected chi connectivity index (χ1v) is 7.01. The summed E-state index contributed by atoms with van der Waals surface area (Å²) in [6, 6.07) is 9.60. The number of aromatic nitrogens is 1. The fourth-order valence-corrected chi connectivity index (χ4v) is 2.52. The van der Waals surface area contributed by atoms with Gasteiger partial charge in [0, 0.05) is 15.8 Å². The summed E-state index contributed by atoms with van der Waals surface area (Å²) in [6.07, 6.45) is 6.60. The van der Waals surface area contributed by atoms with E-state index in [4.69, 9.17) is 0 Å². The summed E-state index contributed by atoms with van der Waals surface area (Å²) in [6.45, 7) is 0. The standard InChI is InChI=1S/C16H12BrNO2/c17-13-4-1-10(2-5-13)7-11-3-6-14-12(8-11)9-15(19)18-16(14)20/h1-2,4-9,19H,3H2,(H,18,20). The van der Waals surface area contributed by atoms with Crippen LogP contribution in [-0.2, 0) is 0 Å². The highest BCUT2D eigenvalue weighted by atomic mass is 79.9. The molecule has 1 aliphatic rings. The first-order chi connectivity index (χ1) is 9.61. The van der Waals surface area contributed by atoms with Gasteiger partial charge in [0.15, 0.2) is 5.88 Å². The van der Waals surface area contributed by atoms with E-state index in [1.165, 1.54) is 0 Å². The van der Waals surface area contributed by atoms with Crippen LogP contribution < -0.4 is 16.0 Å². The molecule has 0 amide bonds. The van der Waals surface area contributed by atoms with Crippen molar-refractivity contribution in [2.75, 3.05) is 0 Å². The van der Waals surface area contributed by atoms with E-state index in [-0.39, 0.29) is 11.4 Å². The van der Waals surface area contributed by atoms with E-state index in [0.717, 1.165) is 20.8 Å². The van der Waals surface area contributed by atoms with Crippen molar-refractivity contribution in [1.82, 2.24) is 4.98 Å². The van der Waals surface area contributed by atoms with Gasteiger partial charge in [-0.05, 0) is 34.9 Å². The maximum atomic E-state index is 11.7. The van der Waals surface area contributed by atoms with Crippen LogP contribution >= 0.6 is 15.9 Å². The number of fused-ring (bicyclic) bond motifs is 1. The Kier molecular flexibility index (Phi) is 3.32. The zero-order valence-corrected chi connectivity index (χ0v) is 12.1. The van der Waals surface area contributed by atoms with Crippen molar-refractivity contribution in [3.8, 4) is 5.88 Å². The maximum absolute atomic E-state index is 11.7. The zero-order chi connectivity index (χ0) is 14.1. The molecule has 0 unspecified atom stereocenters. The Balaban J connectivity index is 2.08. The van der Waals surface area contributed by atoms with Crippen molar-refractivity contribution >= 4 is 34.2 Å². The average molecular weight is 330 g/mol. The number of allylic oxidation sites excluding steroid dienone is 1. The average Bonchev–Trinajstić information content (AvgIpc) is 2.41. The van der Waals surface area contributed by atoms with Crippen molar-refractivity contribution in [2.24, 2.45) is 0 Å². The minimum Gasteiger partial charge on any atom is -0.494 e. The number of rotatable bonds is 1. The van der Waals surface area contributed by atoms with Gasteiger partial charge in [0.2, 0.25) is 0 Å². The molecule has 2 N–H and O–H groups in total. The van der Waals surface area contributed by atoms with Gasteiger partial charge in [-0.3, -0.25) is 9.78 Å². The topological polar surface area (TPSA) is 53.1 Å². The predicted octanol–water partition coefficient (Wildman–Crippen LogP) is 1.89. The molecular weight excluding hydrogens is 318 g/mol. The van der Waals surface area contributed by atoms with E-state index < -0.39 is 0 Å². The Bertz CT molecular complexity index is 861. The van der Waals surface area contributed by atoms with Gasteiger partial charge in [-0.25, -0.2) is 0 Å². The molecule has 3 nitrogen and oxygen atoms in total. The molecule has 0 atom stereocenters. The molecule has 0 bridgehead atoms. The van der Waals surface area contributed by atoms with E-state index in [9.17, 15) is 9.90 Å². The number of benzene rings is 1. The summed E-state index contributed by atoms with van der Waals surface area (Å²) >= 11 is 3.41. The number of nitrogens with one attached hydrogen (secondary N) is 1. The van der Waals surface area contributed by atoms with Crippen molar-refractivity contribution in [3.63, 3.8) is 0 Å². The van der Waals surface area contributed by atoms with Crippen LogP contribution in [-0.4, -0.2) is 10.1 Å². The van der Waals surface area contributed by atoms with Gasteiger partial charge in [0.05, 0.1) is 0 Å². The monoisotopic (exact) mass is 329 g/mol. The highest BCUT2D eigenvalue weighted by Gasteiger charge is 2.03. The molecule has 4 heteroatoms. The number of hydrogen-bond donors (Lipinski definition) is 2. The summed E-state index contributed by atoms with van der Waals surface area (Å²) in [7, 11) is 0. The minimum atomic E-state index is -0.251. The normalized spacial score (nSPS) is 15.3. The summed E-state index contributed by atoms with van der Waals surface area (Å²) in [5, 5.41) is 10.8. The lowest BCUT2D eigenvalue weighted by molar-refractivity contribution is 0.450. The van der Waals surface area contributed by atoms with Crippen molar-refractivity contribution in [2.45, 2.75) is 6.42 Å². The number of H-pyrrole nitrogens is 1. The largest absolute Gasteiger partial charge is 0.494 e. The molecule has 100 valence electrons. The number of halogens is 1. The molecule has 1 heterocycles. The van der Waals surface area contributed by atoms with Gasteiger partial charge in [-0.1, -0.05) is 46.3 Å². The van der Waals surface area contributed by atoms with Gasteiger partial charge in [0.1, 0.15) is 0 Å². The second-order valence-corrected chi connectivity index (χ2v) is 5.59. The van der Waals surface area contributed by atoms with Gasteiger partial charge in [0.25, 0.3) is 5.56 Å². The van der Waals surface area contributed by atoms with E-state index in [1.807, 2.05) is 36.4 Å². The van der Waals surface area contributed by atoms with Crippen LogP contribution in [0.3, 0.4) is 0 Å². The molecule has 3 rings (SSSR count). The number of aromatic amines is 1. The third-order valence-electron chi connectivity index (χ3n) is 3.19. The molecule has 1 aromatic heterocycles. The lowest BCUT2D eigenvalue weighted by atomic mass is 10.0. The van der Waals surface area contributed by atoms with E-state index in [1.54, 1.807) is 6.07 Å². The molecule has 2 aromatic rings. The van der Waals surface area contributed by atoms with Gasteiger partial charge in [-0.2, -0.15) is 0 Å². The molecule has 0 saturated carbocycles. The second-order valence-electron chi connectivity index (χ2n) is 4.68. The van der Waals surface area contributed by atoms with Crippen LogP contribution in [0.5, 0.6) is 5.88 Å². The molecule has 20 heavy (non-hydrogen) atoms. The fourth-order valence-electron chi connectivity index (χ4n) is 2.26. The van der Waals surface area contributed by atoms with Crippen molar-refractivity contribution < 1.29 is 5.11 Å². The Labute approximate surface area is 123 Å². The molecule has 1 aliphatic carbocycles. The van der Waals surface area contributed by atoms with Crippen molar-refractivity contribution in [3.05, 3.63) is 66.7 Å². The van der Waals surface area contributed by atoms with Crippen molar-refractivity contribution in [1.29, 1.82) is 0 Å². The predicted molar refractivity (Wildman–Crippen MR) is 83.6 cm³/mol. The van der Waals surface area contributed by atoms with Crippen LogP contribution in [0.1, 0.15) is 12.0 Å². The third-order valence-corrected chi connectivity index (χ3v) is 3.72. The quantitative estimate of drug-likeness (QED) is 0.839. The Morgan fingerprint density at radius 2 is 2.00 bits per heavy atom. The SMILES string of the molecule is O=c1[nH]c(O)cc2c1=CCC(=Cc1ccc(Br)cc1)C=2. The molecule has 0 fully saturated rings. The number of pyridine rings is 1. The Morgan fingerprint density at radius 3 is 2.75 bits per heavy atom. The highest BCUT2D eigenvalue weighted by molar-refractivity contribution is 9.10. The number of aromatic hydroxyl groups is 1. The smallest absolute Gasteiger partial charge is 0.258 e. The molecule has 1 aromatic carbocycles. The minimum absolute atomic E-state index is 0.108. The van der Waals surface area contributed by atoms with Crippen LogP contribution in [0.2, 0.25) is 0 Å². The first-order valence-electron chi connectivity index (χ1n) is 6.22. The van der Waals surface area contributed by atoms with Gasteiger partial charge < -0.3 is 5.11 Å². The maximum Gasteiger partial charge on any atom is 0.258 e. The molecule has 0 saturated heterocycles. The van der Waals surface area contributed by atoms with Crippen LogP contribution in [0, 0.1) is 0 Å². The molecule has 0 aliphatic heterocycles. The third kappa shape index (κ3) is 2.60. The lowest BCUT2D eigenvalue weighted by Gasteiger charge is -2.05. The zero-order valence-electron chi connectivity index (χ0n) is 10.6. The van der Waals surface area contributed by atoms with Crippen LogP contribution in [0.25, 0.3) is 18.2 Å². The van der Waals surface area contributed by atoms with Crippen LogP contribution in [0.4, 0.5) is 0 Å². The molecular formula is C16H12BrNO2. The van der Waals surface area contributed by atoms with Gasteiger partial charge >= 0.3 is 0 Å². The summed E-state index contributed by atoms with van der Waals surface area (Å²) in [5.41, 5.74) is 1.95. The number of hydrogen-bond acceptors (Lipinski definition) is 2. The first kappa shape index (κ1) is 12.9. The van der Waals surface area contributed by atoms with Crippen LogP contribution in [0.15, 0.2) is 45.2 Å². The fraction of sp³-hybridized carbons (Fsp3) is 0.0625. The molecule has 0 radical (unpaired) electrons.